The van der Waals surface area contributed by atoms with E-state index in [0.29, 0.717) is 0 Å². The second-order valence-electron chi connectivity index (χ2n) is 4.54. The van der Waals surface area contributed by atoms with E-state index in [1.54, 1.807) is 6.07 Å². The Bertz CT molecular complexity index is 928. The third-order valence-electron chi connectivity index (χ3n) is 3.08. The average molecular weight is 371 g/mol. The molecule has 0 spiro atoms. The Kier molecular flexibility index (Phi) is 5.21. The largest absolute Gasteiger partial charge is 0.480 e. The van der Waals surface area contributed by atoms with Crippen molar-refractivity contribution in [1.82, 2.24) is 9.97 Å². The number of hydrogen-bond acceptors (Lipinski definition) is 6. The van der Waals surface area contributed by atoms with E-state index in [1.165, 1.54) is 14.0 Å². The molecule has 0 aliphatic heterocycles. The molecule has 7 nitrogen and oxygen atoms in total. The summed E-state index contributed by atoms with van der Waals surface area (Å²) in [5.74, 6) is -0.943. The average Bonchev–Trinajstić information content (AvgIpc) is 2.56. The molecule has 0 fully saturated rings. The van der Waals surface area contributed by atoms with Crippen LogP contribution < -0.4 is 9.46 Å². The lowest BCUT2D eigenvalue weighted by atomic mass is 10.1. The van der Waals surface area contributed by atoms with Crippen molar-refractivity contribution < 1.29 is 17.5 Å². The number of methoxy groups -OCH3 is 1. The van der Waals surface area contributed by atoms with Crippen molar-refractivity contribution in [3.05, 3.63) is 34.9 Å². The van der Waals surface area contributed by atoms with Crippen LogP contribution in [-0.2, 0) is 10.0 Å². The van der Waals surface area contributed by atoms with E-state index >= 15 is 0 Å². The number of sulfonamides is 1. The fourth-order valence-electron chi connectivity index (χ4n) is 1.86. The summed E-state index contributed by atoms with van der Waals surface area (Å²) >= 11 is 6.08. The molecule has 0 unspecified atom stereocenters. The second kappa shape index (κ2) is 6.98. The molecule has 126 valence electrons. The van der Waals surface area contributed by atoms with Crippen molar-refractivity contribution in [2.75, 3.05) is 17.6 Å². The molecule has 0 radical (unpaired) electrons. The molecule has 1 aromatic carbocycles. The molecule has 0 saturated heterocycles. The first kappa shape index (κ1) is 17.9. The van der Waals surface area contributed by atoms with E-state index in [9.17, 15) is 12.8 Å². The fourth-order valence-corrected chi connectivity index (χ4v) is 2.78. The summed E-state index contributed by atoms with van der Waals surface area (Å²) in [7, 11) is -2.31. The highest BCUT2D eigenvalue weighted by atomic mass is 35.5. The van der Waals surface area contributed by atoms with Gasteiger partial charge in [0.25, 0.3) is 0 Å². The molecule has 24 heavy (non-hydrogen) atoms. The van der Waals surface area contributed by atoms with Gasteiger partial charge in [0.2, 0.25) is 15.9 Å². The minimum absolute atomic E-state index is 0.0162. The third-order valence-corrected chi connectivity index (χ3v) is 4.71. The van der Waals surface area contributed by atoms with Crippen LogP contribution in [0.1, 0.15) is 12.5 Å². The van der Waals surface area contributed by atoms with Crippen molar-refractivity contribution in [3.8, 4) is 23.2 Å². The van der Waals surface area contributed by atoms with Crippen molar-refractivity contribution in [2.24, 2.45) is 0 Å². The van der Waals surface area contributed by atoms with Crippen LogP contribution in [-0.4, -0.2) is 31.2 Å². The zero-order valence-electron chi connectivity index (χ0n) is 12.7. The summed E-state index contributed by atoms with van der Waals surface area (Å²) in [4.78, 5) is 7.70. The Morgan fingerprint density at radius 3 is 2.71 bits per heavy atom. The Balaban J connectivity index is 2.67. The quantitative estimate of drug-likeness (QED) is 0.867. The van der Waals surface area contributed by atoms with E-state index in [4.69, 9.17) is 21.6 Å². The fraction of sp³-hybridized carbons (Fsp3) is 0.214. The molecule has 10 heteroatoms. The number of hydrogen-bond donors (Lipinski definition) is 1. The van der Waals surface area contributed by atoms with Gasteiger partial charge in [0, 0.05) is 5.56 Å². The maximum absolute atomic E-state index is 14.3. The number of aromatic nitrogens is 2. The van der Waals surface area contributed by atoms with Gasteiger partial charge >= 0.3 is 0 Å². The van der Waals surface area contributed by atoms with E-state index < -0.39 is 15.8 Å². The van der Waals surface area contributed by atoms with Crippen LogP contribution in [0.2, 0.25) is 5.02 Å². The summed E-state index contributed by atoms with van der Waals surface area (Å²) in [6.45, 7) is 1.44. The molecule has 1 heterocycles. The van der Waals surface area contributed by atoms with Crippen LogP contribution >= 0.6 is 11.6 Å². The zero-order valence-corrected chi connectivity index (χ0v) is 14.2. The summed E-state index contributed by atoms with van der Waals surface area (Å²) in [6, 6.07) is 3.81. The number of ether oxygens (including phenoxy) is 1. The monoisotopic (exact) mass is 370 g/mol. The highest BCUT2D eigenvalue weighted by Gasteiger charge is 2.19. The van der Waals surface area contributed by atoms with Crippen LogP contribution in [0.3, 0.4) is 0 Å². The molecule has 0 saturated carbocycles. The second-order valence-corrected chi connectivity index (χ2v) is 6.93. The first-order chi connectivity index (χ1) is 11.3. The van der Waals surface area contributed by atoms with E-state index in [2.05, 4.69) is 14.7 Å². The van der Waals surface area contributed by atoms with Crippen molar-refractivity contribution >= 4 is 27.3 Å². The van der Waals surface area contributed by atoms with Crippen LogP contribution in [0, 0.1) is 17.1 Å². The number of halogens is 2. The maximum atomic E-state index is 14.3. The molecule has 0 aliphatic rings. The van der Waals surface area contributed by atoms with Crippen molar-refractivity contribution in [1.29, 1.82) is 5.26 Å². The Morgan fingerprint density at radius 1 is 1.42 bits per heavy atom. The van der Waals surface area contributed by atoms with Gasteiger partial charge in [0.1, 0.15) is 23.2 Å². The SMILES string of the molecule is CCS(=O)(=O)Nc1cc(-c2ncnc(OC)c2Cl)c(F)cc1C#N. The number of nitriles is 1. The topological polar surface area (TPSA) is 105 Å². The van der Waals surface area contributed by atoms with Gasteiger partial charge in [-0.2, -0.15) is 5.26 Å². The number of rotatable bonds is 5. The molecular weight excluding hydrogens is 359 g/mol. The van der Waals surface area contributed by atoms with E-state index in [-0.39, 0.29) is 39.2 Å². The summed E-state index contributed by atoms with van der Waals surface area (Å²) < 4.78 is 45.0. The highest BCUT2D eigenvalue weighted by molar-refractivity contribution is 7.92. The molecule has 2 aromatic rings. The zero-order chi connectivity index (χ0) is 17.9. The number of benzene rings is 1. The van der Waals surface area contributed by atoms with Gasteiger partial charge in [-0.3, -0.25) is 4.72 Å². The van der Waals surface area contributed by atoms with Crippen LogP contribution in [0.25, 0.3) is 11.3 Å². The third kappa shape index (κ3) is 3.55. The first-order valence-electron chi connectivity index (χ1n) is 6.62. The number of nitrogens with zero attached hydrogens (tertiary/aromatic N) is 3. The minimum atomic E-state index is -3.65. The lowest BCUT2D eigenvalue weighted by Gasteiger charge is -2.12. The Morgan fingerprint density at radius 2 is 2.12 bits per heavy atom. The van der Waals surface area contributed by atoms with Gasteiger partial charge in [-0.05, 0) is 19.1 Å². The first-order valence-corrected chi connectivity index (χ1v) is 8.65. The van der Waals surface area contributed by atoms with Gasteiger partial charge in [0.15, 0.2) is 0 Å². The Hall–Kier alpha value is -2.44. The highest BCUT2D eigenvalue weighted by Crippen LogP contribution is 2.35. The number of nitrogens with one attached hydrogen (secondary N) is 1. The van der Waals surface area contributed by atoms with E-state index in [0.717, 1.165) is 18.5 Å². The normalized spacial score (nSPS) is 11.0. The van der Waals surface area contributed by atoms with Crippen molar-refractivity contribution in [3.63, 3.8) is 0 Å². The molecule has 1 N–H and O–H groups in total. The van der Waals surface area contributed by atoms with Crippen LogP contribution in [0.4, 0.5) is 10.1 Å². The van der Waals surface area contributed by atoms with Gasteiger partial charge in [-0.25, -0.2) is 22.8 Å². The molecule has 2 rings (SSSR count). The molecule has 0 aliphatic carbocycles. The summed E-state index contributed by atoms with van der Waals surface area (Å²) in [6.07, 6.45) is 1.13. The van der Waals surface area contributed by atoms with Gasteiger partial charge in [0.05, 0.1) is 29.8 Å². The molecule has 0 amide bonds. The molecule has 0 atom stereocenters. The lowest BCUT2D eigenvalue weighted by molar-refractivity contribution is 0.397. The van der Waals surface area contributed by atoms with Gasteiger partial charge < -0.3 is 4.74 Å². The van der Waals surface area contributed by atoms with Crippen LogP contribution in [0.15, 0.2) is 18.5 Å². The summed E-state index contributed by atoms with van der Waals surface area (Å²) in [5, 5.41) is 9.05. The van der Waals surface area contributed by atoms with E-state index in [1.807, 2.05) is 0 Å². The summed E-state index contributed by atoms with van der Waals surface area (Å²) in [5.41, 5.74) is -0.300. The minimum Gasteiger partial charge on any atom is -0.480 e. The van der Waals surface area contributed by atoms with Crippen LogP contribution in [0.5, 0.6) is 5.88 Å². The van der Waals surface area contributed by atoms with Gasteiger partial charge in [-0.1, -0.05) is 11.6 Å². The standard InChI is InChI=1S/C14H12ClFN4O3S/c1-3-24(21,22)20-11-5-9(10(16)4-8(11)6-17)13-12(15)14(23-2)19-7-18-13/h4-5,7,20H,3H2,1-2H3. The number of anilines is 1. The smallest absolute Gasteiger partial charge is 0.236 e. The molecule has 0 bridgehead atoms. The predicted molar refractivity (Wildman–Crippen MR) is 86.8 cm³/mol. The predicted octanol–water partition coefficient (Wildman–Crippen LogP) is 2.58. The van der Waals surface area contributed by atoms with Gasteiger partial charge in [-0.15, -0.1) is 0 Å². The maximum Gasteiger partial charge on any atom is 0.236 e. The van der Waals surface area contributed by atoms with Crippen molar-refractivity contribution in [2.45, 2.75) is 6.92 Å². The molecule has 1 aromatic heterocycles. The lowest BCUT2D eigenvalue weighted by Crippen LogP contribution is -2.15. The Labute approximate surface area is 143 Å². The molecular formula is C14H12ClFN4O3S.